The lowest BCUT2D eigenvalue weighted by Gasteiger charge is -2.35. The van der Waals surface area contributed by atoms with Gasteiger partial charge in [-0.05, 0) is 39.3 Å². The van der Waals surface area contributed by atoms with E-state index in [2.05, 4.69) is 41.4 Å². The van der Waals surface area contributed by atoms with Crippen LogP contribution in [0.1, 0.15) is 43.8 Å². The Morgan fingerprint density at radius 3 is 2.84 bits per heavy atom. The Hall–Kier alpha value is -0.450. The van der Waals surface area contributed by atoms with Crippen LogP contribution < -0.4 is 5.32 Å². The Bertz CT molecular complexity index is 384. The highest BCUT2D eigenvalue weighted by molar-refractivity contribution is 7.09. The first-order valence-corrected chi connectivity index (χ1v) is 8.44. The summed E-state index contributed by atoms with van der Waals surface area (Å²) in [7, 11) is 0. The number of thiazole rings is 1. The van der Waals surface area contributed by atoms with E-state index in [-0.39, 0.29) is 0 Å². The SMILES string of the molecule is CCC1(CC)CN(CCc2nc(C)cs2)CCCN1. The quantitative estimate of drug-likeness (QED) is 0.899. The van der Waals surface area contributed by atoms with Crippen LogP contribution in [0.2, 0.25) is 0 Å². The molecule has 1 aliphatic heterocycles. The molecule has 0 bridgehead atoms. The van der Waals surface area contributed by atoms with Crippen molar-refractivity contribution in [2.75, 3.05) is 26.2 Å². The fourth-order valence-electron chi connectivity index (χ4n) is 2.90. The monoisotopic (exact) mass is 281 g/mol. The minimum Gasteiger partial charge on any atom is -0.310 e. The number of hydrogen-bond donors (Lipinski definition) is 1. The zero-order valence-electron chi connectivity index (χ0n) is 12.5. The summed E-state index contributed by atoms with van der Waals surface area (Å²) < 4.78 is 0. The van der Waals surface area contributed by atoms with E-state index in [4.69, 9.17) is 0 Å². The van der Waals surface area contributed by atoms with Crippen LogP contribution >= 0.6 is 11.3 Å². The highest BCUT2D eigenvalue weighted by atomic mass is 32.1. The first kappa shape index (κ1) is 14.9. The smallest absolute Gasteiger partial charge is 0.0940 e. The van der Waals surface area contributed by atoms with Gasteiger partial charge < -0.3 is 10.2 Å². The largest absolute Gasteiger partial charge is 0.310 e. The van der Waals surface area contributed by atoms with Crippen molar-refractivity contribution in [2.45, 2.75) is 52.0 Å². The van der Waals surface area contributed by atoms with E-state index in [0.29, 0.717) is 5.54 Å². The summed E-state index contributed by atoms with van der Waals surface area (Å²) in [6.45, 7) is 11.4. The molecule has 1 aromatic heterocycles. The van der Waals surface area contributed by atoms with Gasteiger partial charge in [-0.25, -0.2) is 4.98 Å². The summed E-state index contributed by atoms with van der Waals surface area (Å²) in [5.41, 5.74) is 1.49. The van der Waals surface area contributed by atoms with E-state index in [1.54, 1.807) is 11.3 Å². The third-order valence-corrected chi connectivity index (χ3v) is 5.37. The number of hydrogen-bond acceptors (Lipinski definition) is 4. The van der Waals surface area contributed by atoms with Crippen molar-refractivity contribution >= 4 is 11.3 Å². The van der Waals surface area contributed by atoms with Crippen LogP contribution in [0, 0.1) is 6.92 Å². The molecule has 0 saturated carbocycles. The number of rotatable bonds is 5. The molecule has 0 aliphatic carbocycles. The molecule has 4 heteroatoms. The fraction of sp³-hybridized carbons (Fsp3) is 0.800. The Morgan fingerprint density at radius 2 is 2.21 bits per heavy atom. The second-order valence-corrected chi connectivity index (χ2v) is 6.62. The molecule has 1 aromatic rings. The predicted octanol–water partition coefficient (Wildman–Crippen LogP) is 2.85. The van der Waals surface area contributed by atoms with Crippen LogP contribution in [-0.2, 0) is 6.42 Å². The molecule has 1 saturated heterocycles. The highest BCUT2D eigenvalue weighted by Gasteiger charge is 2.29. The molecule has 2 rings (SSSR count). The number of aryl methyl sites for hydroxylation is 1. The topological polar surface area (TPSA) is 28.2 Å². The first-order chi connectivity index (χ1) is 9.17. The van der Waals surface area contributed by atoms with Crippen molar-refractivity contribution in [1.29, 1.82) is 0 Å². The van der Waals surface area contributed by atoms with E-state index < -0.39 is 0 Å². The van der Waals surface area contributed by atoms with Crippen LogP contribution in [0.3, 0.4) is 0 Å². The lowest BCUT2D eigenvalue weighted by Crippen LogP contribution is -2.50. The summed E-state index contributed by atoms with van der Waals surface area (Å²) >= 11 is 1.80. The normalized spacial score (nSPS) is 20.4. The van der Waals surface area contributed by atoms with Crippen molar-refractivity contribution < 1.29 is 0 Å². The van der Waals surface area contributed by atoms with Crippen molar-refractivity contribution in [3.63, 3.8) is 0 Å². The van der Waals surface area contributed by atoms with Gasteiger partial charge in [-0.1, -0.05) is 13.8 Å². The standard InChI is InChI=1S/C15H27N3S/c1-4-15(5-2)12-18(9-6-8-16-15)10-7-14-17-13(3)11-19-14/h11,16H,4-10,12H2,1-3H3. The molecule has 2 heterocycles. The molecule has 1 aliphatic rings. The van der Waals surface area contributed by atoms with E-state index in [9.17, 15) is 0 Å². The molecule has 0 unspecified atom stereocenters. The number of aromatic nitrogens is 1. The molecule has 3 nitrogen and oxygen atoms in total. The lowest BCUT2D eigenvalue weighted by atomic mass is 9.92. The predicted molar refractivity (Wildman–Crippen MR) is 82.9 cm³/mol. The Balaban J connectivity index is 1.91. The van der Waals surface area contributed by atoms with Gasteiger partial charge in [0.05, 0.1) is 5.01 Å². The van der Waals surface area contributed by atoms with E-state index in [1.807, 2.05) is 0 Å². The highest BCUT2D eigenvalue weighted by Crippen LogP contribution is 2.20. The molecule has 108 valence electrons. The van der Waals surface area contributed by atoms with Crippen LogP contribution in [-0.4, -0.2) is 41.6 Å². The number of nitrogens with zero attached hydrogens (tertiary/aromatic N) is 2. The molecule has 0 radical (unpaired) electrons. The average Bonchev–Trinajstić information content (AvgIpc) is 2.73. The maximum atomic E-state index is 4.57. The Kier molecular flexibility index (Phi) is 5.37. The molecule has 0 atom stereocenters. The van der Waals surface area contributed by atoms with Gasteiger partial charge in [-0.15, -0.1) is 11.3 Å². The maximum absolute atomic E-state index is 4.57. The first-order valence-electron chi connectivity index (χ1n) is 7.56. The van der Waals surface area contributed by atoms with E-state index in [0.717, 1.165) is 25.2 Å². The van der Waals surface area contributed by atoms with Gasteiger partial charge in [-0.3, -0.25) is 0 Å². The summed E-state index contributed by atoms with van der Waals surface area (Å²) in [6, 6.07) is 0. The molecule has 19 heavy (non-hydrogen) atoms. The van der Waals surface area contributed by atoms with Gasteiger partial charge in [0, 0.05) is 36.1 Å². The Labute approximate surface area is 121 Å². The van der Waals surface area contributed by atoms with E-state index in [1.165, 1.54) is 37.4 Å². The van der Waals surface area contributed by atoms with Crippen molar-refractivity contribution in [3.05, 3.63) is 16.1 Å². The van der Waals surface area contributed by atoms with Gasteiger partial charge in [0.2, 0.25) is 0 Å². The fourth-order valence-corrected chi connectivity index (χ4v) is 3.67. The molecule has 1 N–H and O–H groups in total. The second-order valence-electron chi connectivity index (χ2n) is 5.68. The summed E-state index contributed by atoms with van der Waals surface area (Å²) in [4.78, 5) is 7.20. The van der Waals surface area contributed by atoms with Crippen molar-refractivity contribution in [2.24, 2.45) is 0 Å². The summed E-state index contributed by atoms with van der Waals surface area (Å²) in [6.07, 6.45) is 4.80. The number of nitrogens with one attached hydrogen (secondary N) is 1. The van der Waals surface area contributed by atoms with Crippen LogP contribution in [0.25, 0.3) is 0 Å². The van der Waals surface area contributed by atoms with E-state index >= 15 is 0 Å². The van der Waals surface area contributed by atoms with Crippen LogP contribution in [0.5, 0.6) is 0 Å². The summed E-state index contributed by atoms with van der Waals surface area (Å²) in [5.74, 6) is 0. The molecule has 0 spiro atoms. The molecule has 1 fully saturated rings. The minimum absolute atomic E-state index is 0.329. The van der Waals surface area contributed by atoms with Crippen LogP contribution in [0.15, 0.2) is 5.38 Å². The van der Waals surface area contributed by atoms with Gasteiger partial charge in [0.25, 0.3) is 0 Å². The minimum atomic E-state index is 0.329. The zero-order valence-corrected chi connectivity index (χ0v) is 13.4. The lowest BCUT2D eigenvalue weighted by molar-refractivity contribution is 0.199. The second kappa shape index (κ2) is 6.82. The molecular weight excluding hydrogens is 254 g/mol. The van der Waals surface area contributed by atoms with Crippen molar-refractivity contribution in [1.82, 2.24) is 15.2 Å². The third kappa shape index (κ3) is 4.01. The third-order valence-electron chi connectivity index (χ3n) is 4.34. The summed E-state index contributed by atoms with van der Waals surface area (Å²) in [5, 5.41) is 7.21. The van der Waals surface area contributed by atoms with Gasteiger partial charge in [0.1, 0.15) is 0 Å². The van der Waals surface area contributed by atoms with Gasteiger partial charge >= 0.3 is 0 Å². The molecular formula is C15H27N3S. The van der Waals surface area contributed by atoms with Gasteiger partial charge in [0.15, 0.2) is 0 Å². The zero-order chi connectivity index (χ0) is 13.7. The molecule has 0 amide bonds. The maximum Gasteiger partial charge on any atom is 0.0940 e. The average molecular weight is 281 g/mol. The molecule has 0 aromatic carbocycles. The van der Waals surface area contributed by atoms with Crippen LogP contribution in [0.4, 0.5) is 0 Å². The van der Waals surface area contributed by atoms with Gasteiger partial charge in [-0.2, -0.15) is 0 Å². The Morgan fingerprint density at radius 1 is 1.42 bits per heavy atom. The van der Waals surface area contributed by atoms with Crippen molar-refractivity contribution in [3.8, 4) is 0 Å².